The molecule has 2 aliphatic carbocycles. The van der Waals surface area contributed by atoms with Gasteiger partial charge in [-0.15, -0.1) is 0 Å². The van der Waals surface area contributed by atoms with E-state index in [-0.39, 0.29) is 41.7 Å². The van der Waals surface area contributed by atoms with Gasteiger partial charge in [-0.3, -0.25) is 14.5 Å². The van der Waals surface area contributed by atoms with Crippen molar-refractivity contribution >= 4 is 17.5 Å². The molecule has 1 saturated heterocycles. The van der Waals surface area contributed by atoms with Crippen LogP contribution in [0.2, 0.25) is 0 Å². The van der Waals surface area contributed by atoms with Gasteiger partial charge in [0.25, 0.3) is 0 Å². The second-order valence-electron chi connectivity index (χ2n) is 11.0. The van der Waals surface area contributed by atoms with Crippen LogP contribution in [0, 0.1) is 30.5 Å². The summed E-state index contributed by atoms with van der Waals surface area (Å²) in [6.45, 7) is 8.61. The van der Waals surface area contributed by atoms with Crippen molar-refractivity contribution in [1.29, 1.82) is 0 Å². The molecule has 4 rings (SSSR count). The highest BCUT2D eigenvalue weighted by Gasteiger charge is 2.35. The fourth-order valence-electron chi connectivity index (χ4n) is 6.20. The zero-order valence-corrected chi connectivity index (χ0v) is 20.9. The van der Waals surface area contributed by atoms with Crippen molar-refractivity contribution in [1.82, 2.24) is 9.80 Å². The summed E-state index contributed by atoms with van der Waals surface area (Å²) in [6, 6.07) is 3.25. The summed E-state index contributed by atoms with van der Waals surface area (Å²) < 4.78 is 14.5. The van der Waals surface area contributed by atoms with Gasteiger partial charge >= 0.3 is 0 Å². The molecule has 0 unspecified atom stereocenters. The SMILES string of the molecule is CC(=O)CC1CC(C(=O)Cc2cc(F)cc(CN3CCN(C(=O)C4CCCC4)[C@@H](C)C3)c2C)C1. The third-order valence-corrected chi connectivity index (χ3v) is 8.31. The first-order valence-corrected chi connectivity index (χ1v) is 13.0. The van der Waals surface area contributed by atoms with Crippen LogP contribution in [0.1, 0.15) is 75.5 Å². The van der Waals surface area contributed by atoms with E-state index in [1.54, 1.807) is 13.0 Å². The zero-order valence-electron chi connectivity index (χ0n) is 20.9. The summed E-state index contributed by atoms with van der Waals surface area (Å²) in [6.07, 6.45) is 6.74. The van der Waals surface area contributed by atoms with Gasteiger partial charge in [0.15, 0.2) is 0 Å². The second kappa shape index (κ2) is 10.7. The minimum absolute atomic E-state index is 0.00167. The van der Waals surface area contributed by atoms with Crippen molar-refractivity contribution in [3.8, 4) is 0 Å². The molecule has 1 amide bonds. The Morgan fingerprint density at radius 2 is 1.71 bits per heavy atom. The molecule has 1 aromatic carbocycles. The highest BCUT2D eigenvalue weighted by Crippen LogP contribution is 2.37. The number of ketones is 2. The number of piperazine rings is 1. The van der Waals surface area contributed by atoms with Crippen LogP contribution in [0.5, 0.6) is 0 Å². The number of nitrogens with zero attached hydrogens (tertiary/aromatic N) is 2. The van der Waals surface area contributed by atoms with E-state index < -0.39 is 0 Å². The van der Waals surface area contributed by atoms with Crippen LogP contribution in [0.15, 0.2) is 12.1 Å². The number of carbonyl (C=O) groups excluding carboxylic acids is 3. The topological polar surface area (TPSA) is 57.7 Å². The van der Waals surface area contributed by atoms with Crippen LogP contribution in [0.4, 0.5) is 4.39 Å². The lowest BCUT2D eigenvalue weighted by molar-refractivity contribution is -0.140. The Hall–Kier alpha value is -2.08. The minimum Gasteiger partial charge on any atom is -0.337 e. The van der Waals surface area contributed by atoms with E-state index in [9.17, 15) is 18.8 Å². The number of Topliss-reactive ketones (excluding diaryl/α,β-unsaturated/α-hetero) is 2. The summed E-state index contributed by atoms with van der Waals surface area (Å²) in [5.74, 6) is 0.891. The summed E-state index contributed by atoms with van der Waals surface area (Å²) in [4.78, 5) is 41.3. The molecule has 34 heavy (non-hydrogen) atoms. The molecule has 3 aliphatic rings. The lowest BCUT2D eigenvalue weighted by Gasteiger charge is -2.41. The largest absolute Gasteiger partial charge is 0.337 e. The Morgan fingerprint density at radius 1 is 1.03 bits per heavy atom. The first-order valence-electron chi connectivity index (χ1n) is 13.0. The predicted molar refractivity (Wildman–Crippen MR) is 130 cm³/mol. The van der Waals surface area contributed by atoms with E-state index >= 15 is 0 Å². The Labute approximate surface area is 203 Å². The van der Waals surface area contributed by atoms with E-state index in [4.69, 9.17) is 0 Å². The van der Waals surface area contributed by atoms with Crippen molar-refractivity contribution in [3.05, 3.63) is 34.6 Å². The molecule has 6 heteroatoms. The van der Waals surface area contributed by atoms with Gasteiger partial charge in [-0.1, -0.05) is 12.8 Å². The molecule has 0 radical (unpaired) electrons. The molecular formula is C28H39FN2O3. The second-order valence-corrected chi connectivity index (χ2v) is 11.0. The normalized spacial score (nSPS) is 25.9. The lowest BCUT2D eigenvalue weighted by Crippen LogP contribution is -2.54. The molecule has 1 aliphatic heterocycles. The van der Waals surface area contributed by atoms with Gasteiger partial charge in [0.2, 0.25) is 5.91 Å². The third-order valence-electron chi connectivity index (χ3n) is 8.31. The molecule has 1 heterocycles. The molecule has 0 aromatic heterocycles. The molecule has 186 valence electrons. The maximum absolute atomic E-state index is 14.5. The van der Waals surface area contributed by atoms with E-state index in [0.717, 1.165) is 74.8 Å². The van der Waals surface area contributed by atoms with Crippen LogP contribution in [0.3, 0.4) is 0 Å². The maximum atomic E-state index is 14.5. The van der Waals surface area contributed by atoms with Crippen molar-refractivity contribution in [2.75, 3.05) is 19.6 Å². The first kappa shape index (κ1) is 25.0. The van der Waals surface area contributed by atoms with E-state index in [1.807, 2.05) is 11.8 Å². The highest BCUT2D eigenvalue weighted by atomic mass is 19.1. The van der Waals surface area contributed by atoms with Gasteiger partial charge < -0.3 is 9.69 Å². The number of rotatable bonds is 8. The number of carbonyl (C=O) groups is 3. The number of amides is 1. The van der Waals surface area contributed by atoms with Crippen LogP contribution in [-0.4, -0.2) is 52.9 Å². The predicted octanol–water partition coefficient (Wildman–Crippen LogP) is 4.47. The van der Waals surface area contributed by atoms with Gasteiger partial charge in [-0.05, 0) is 81.2 Å². The fourth-order valence-corrected chi connectivity index (χ4v) is 6.20. The first-order chi connectivity index (χ1) is 16.2. The van der Waals surface area contributed by atoms with Gasteiger partial charge in [-0.25, -0.2) is 4.39 Å². The minimum atomic E-state index is -0.297. The van der Waals surface area contributed by atoms with Crippen LogP contribution in [-0.2, 0) is 27.3 Å². The Bertz CT molecular complexity index is 934. The van der Waals surface area contributed by atoms with Gasteiger partial charge in [0, 0.05) is 56.9 Å². The Balaban J connectivity index is 1.34. The average Bonchev–Trinajstić information content (AvgIpc) is 3.28. The molecule has 1 aromatic rings. The third kappa shape index (κ3) is 5.76. The van der Waals surface area contributed by atoms with E-state index in [0.29, 0.717) is 24.8 Å². The van der Waals surface area contributed by atoms with Gasteiger partial charge in [0.1, 0.15) is 17.4 Å². The highest BCUT2D eigenvalue weighted by molar-refractivity contribution is 5.85. The molecular weight excluding hydrogens is 431 g/mol. The fraction of sp³-hybridized carbons (Fsp3) is 0.679. The molecule has 5 nitrogen and oxygen atoms in total. The standard InChI is InChI=1S/C28H39FN2O3/c1-18-16-30(8-9-31(18)28(34)22-6-4-5-7-22)17-25-14-26(29)13-23(20(25)3)15-27(33)24-11-21(12-24)10-19(2)32/h13-14,18,21-22,24H,4-12,15-17H2,1-3H3/t18-,21?,24?/m0/s1. The van der Waals surface area contributed by atoms with Crippen LogP contribution >= 0.6 is 0 Å². The van der Waals surface area contributed by atoms with E-state index in [1.165, 1.54) is 6.07 Å². The summed E-state index contributed by atoms with van der Waals surface area (Å²) in [7, 11) is 0. The van der Waals surface area contributed by atoms with Crippen molar-refractivity contribution in [3.63, 3.8) is 0 Å². The number of benzene rings is 1. The molecule has 0 N–H and O–H groups in total. The van der Waals surface area contributed by atoms with Crippen LogP contribution in [0.25, 0.3) is 0 Å². The van der Waals surface area contributed by atoms with Crippen molar-refractivity contribution in [2.45, 2.75) is 84.7 Å². The number of halogens is 1. The van der Waals surface area contributed by atoms with E-state index in [2.05, 4.69) is 11.8 Å². The molecule has 2 saturated carbocycles. The van der Waals surface area contributed by atoms with Gasteiger partial charge in [0.05, 0.1) is 0 Å². The Morgan fingerprint density at radius 3 is 2.35 bits per heavy atom. The summed E-state index contributed by atoms with van der Waals surface area (Å²) >= 11 is 0. The summed E-state index contributed by atoms with van der Waals surface area (Å²) in [5.41, 5.74) is 2.69. The monoisotopic (exact) mass is 470 g/mol. The van der Waals surface area contributed by atoms with Crippen LogP contribution < -0.4 is 0 Å². The molecule has 3 fully saturated rings. The smallest absolute Gasteiger partial charge is 0.226 e. The number of hydrogen-bond acceptors (Lipinski definition) is 4. The van der Waals surface area contributed by atoms with Crippen molar-refractivity contribution in [2.24, 2.45) is 17.8 Å². The number of hydrogen-bond donors (Lipinski definition) is 0. The van der Waals surface area contributed by atoms with Crippen molar-refractivity contribution < 1.29 is 18.8 Å². The average molecular weight is 471 g/mol. The van der Waals surface area contributed by atoms with Gasteiger partial charge in [-0.2, -0.15) is 0 Å². The molecule has 0 bridgehead atoms. The zero-order chi connectivity index (χ0) is 24.4. The quantitative estimate of drug-likeness (QED) is 0.562. The molecule has 0 spiro atoms. The lowest BCUT2D eigenvalue weighted by atomic mass is 9.70. The molecule has 1 atom stereocenters. The summed E-state index contributed by atoms with van der Waals surface area (Å²) in [5, 5.41) is 0. The maximum Gasteiger partial charge on any atom is 0.226 e. The Kier molecular flexibility index (Phi) is 7.86.